The smallest absolute Gasteiger partial charge is 0.331 e. The molecule has 1 fully saturated rings. The second kappa shape index (κ2) is 9.76. The highest BCUT2D eigenvalue weighted by Gasteiger charge is 2.26. The zero-order valence-electron chi connectivity index (χ0n) is 19.5. The molecule has 1 aliphatic rings. The van der Waals surface area contributed by atoms with Gasteiger partial charge in [0, 0.05) is 19.1 Å². The lowest BCUT2D eigenvalue weighted by Gasteiger charge is -2.14. The number of aryl methyl sites for hydroxylation is 1. The molecule has 0 radical (unpaired) electrons. The zero-order valence-corrected chi connectivity index (χ0v) is 21.0. The van der Waals surface area contributed by atoms with Crippen LogP contribution in [0.5, 0.6) is 0 Å². The van der Waals surface area contributed by atoms with E-state index >= 15 is 0 Å². The summed E-state index contributed by atoms with van der Waals surface area (Å²) in [5.74, 6) is -0.0818. The molecule has 5 rings (SSSR count). The molecule has 12 nitrogen and oxygen atoms in total. The van der Waals surface area contributed by atoms with Crippen molar-refractivity contribution in [2.75, 3.05) is 4.90 Å². The Balaban J connectivity index is 1.51. The molecular weight excluding hydrogens is 521 g/mol. The van der Waals surface area contributed by atoms with E-state index in [9.17, 15) is 14.4 Å². The van der Waals surface area contributed by atoms with Crippen LogP contribution < -0.4 is 16.1 Å². The van der Waals surface area contributed by atoms with Gasteiger partial charge in [0.2, 0.25) is 0 Å². The zero-order chi connectivity index (χ0) is 26.3. The van der Waals surface area contributed by atoms with Gasteiger partial charge in [0.05, 0.1) is 18.0 Å². The maximum Gasteiger partial charge on any atom is 0.332 e. The van der Waals surface area contributed by atoms with Crippen LogP contribution in [-0.2, 0) is 13.1 Å². The lowest BCUT2D eigenvalue weighted by atomic mass is 10.2. The van der Waals surface area contributed by atoms with Crippen LogP contribution in [0.2, 0.25) is 10.3 Å². The van der Waals surface area contributed by atoms with E-state index in [2.05, 4.69) is 36.2 Å². The Morgan fingerprint density at radius 1 is 1.22 bits per heavy atom. The molecule has 4 heterocycles. The van der Waals surface area contributed by atoms with E-state index in [1.807, 2.05) is 6.92 Å². The minimum atomic E-state index is -0.699. The Morgan fingerprint density at radius 2 is 2.00 bits per heavy atom. The van der Waals surface area contributed by atoms with Gasteiger partial charge in [0.25, 0.3) is 11.5 Å². The van der Waals surface area contributed by atoms with E-state index in [4.69, 9.17) is 29.6 Å². The molecule has 0 unspecified atom stereocenters. The van der Waals surface area contributed by atoms with E-state index in [1.54, 1.807) is 0 Å². The maximum atomic E-state index is 13.1. The third-order valence-corrected chi connectivity index (χ3v) is 6.30. The lowest BCUT2D eigenvalue weighted by Crippen LogP contribution is -2.40. The Bertz CT molecular complexity index is 1680. The van der Waals surface area contributed by atoms with Crippen molar-refractivity contribution in [3.8, 4) is 24.0 Å². The van der Waals surface area contributed by atoms with Crippen molar-refractivity contribution in [2.24, 2.45) is 5.92 Å². The number of anilines is 1. The number of nitrogens with one attached hydrogen (secondary N) is 1. The summed E-state index contributed by atoms with van der Waals surface area (Å²) in [4.78, 5) is 56.0. The van der Waals surface area contributed by atoms with Crippen LogP contribution in [0.3, 0.4) is 0 Å². The summed E-state index contributed by atoms with van der Waals surface area (Å²) in [5, 5.41) is 6.98. The fraction of sp³-hybridized carbons (Fsp3) is 0.304. The third-order valence-electron chi connectivity index (χ3n) is 5.84. The van der Waals surface area contributed by atoms with Crippen LogP contribution >= 0.6 is 23.2 Å². The molecule has 1 N–H and O–H groups in total. The number of aromatic amines is 1. The summed E-state index contributed by atoms with van der Waals surface area (Å²) >= 11 is 11.8. The summed E-state index contributed by atoms with van der Waals surface area (Å²) in [7, 11) is 0. The van der Waals surface area contributed by atoms with Crippen LogP contribution in [0.4, 0.5) is 5.82 Å². The summed E-state index contributed by atoms with van der Waals surface area (Å²) in [6, 6.07) is 3.47. The van der Waals surface area contributed by atoms with Crippen LogP contribution in [0, 0.1) is 18.4 Å². The van der Waals surface area contributed by atoms with Gasteiger partial charge in [-0.25, -0.2) is 24.6 Å². The standard InChI is InChI=1S/C23H19Cl2N9O3/c1-3-7-33-20-17(22(36)34(23(33)37)11-12-5-6-12)28-19(29-20)14-9-27-16(10-26-14)32(4-2)21(35)13-8-15(24)30-31-18(13)25/h2,8-10,12H,3,5-7,11H2,1H3,(H,28,29). The minimum Gasteiger partial charge on any atom is -0.331 e. The lowest BCUT2D eigenvalue weighted by molar-refractivity contribution is 0.0999. The number of carbonyl (C=O) groups excluding carboxylic acids is 1. The molecule has 37 heavy (non-hydrogen) atoms. The molecule has 0 saturated heterocycles. The minimum absolute atomic E-state index is 0.0334. The fourth-order valence-electron chi connectivity index (χ4n) is 3.84. The molecule has 0 bridgehead atoms. The number of hydrogen-bond donors (Lipinski definition) is 1. The summed E-state index contributed by atoms with van der Waals surface area (Å²) < 4.78 is 2.77. The number of H-pyrrole nitrogens is 1. The topological polar surface area (TPSA) is 145 Å². The number of nitrogens with zero attached hydrogens (tertiary/aromatic N) is 8. The van der Waals surface area contributed by atoms with Gasteiger partial charge in [0.1, 0.15) is 11.2 Å². The SMILES string of the molecule is C#CN(C(=O)c1cc(Cl)nnc1Cl)c1cnc(-c2nc3c([nH]2)c(=O)n(CC2CC2)c(=O)n3CCC)cn1. The summed E-state index contributed by atoms with van der Waals surface area (Å²) in [6.07, 6.45) is 10.9. The molecular formula is C23H19Cl2N9O3. The van der Waals surface area contributed by atoms with Crippen LogP contribution in [0.25, 0.3) is 22.7 Å². The number of carbonyl (C=O) groups is 1. The number of rotatable bonds is 7. The van der Waals surface area contributed by atoms with Crippen molar-refractivity contribution < 1.29 is 4.79 Å². The van der Waals surface area contributed by atoms with Crippen LogP contribution in [-0.4, -0.2) is 45.2 Å². The van der Waals surface area contributed by atoms with Crippen LogP contribution in [0.15, 0.2) is 28.0 Å². The van der Waals surface area contributed by atoms with Gasteiger partial charge in [-0.1, -0.05) is 36.5 Å². The quantitative estimate of drug-likeness (QED) is 0.278. The molecule has 188 valence electrons. The number of fused-ring (bicyclic) bond motifs is 1. The van der Waals surface area contributed by atoms with Gasteiger partial charge in [-0.05, 0) is 31.2 Å². The van der Waals surface area contributed by atoms with Crippen molar-refractivity contribution >= 4 is 46.1 Å². The number of hydrogen-bond acceptors (Lipinski definition) is 8. The fourth-order valence-corrected chi connectivity index (χ4v) is 4.16. The first-order valence-corrected chi connectivity index (χ1v) is 12.1. The van der Waals surface area contributed by atoms with Crippen molar-refractivity contribution in [1.29, 1.82) is 0 Å². The van der Waals surface area contributed by atoms with Crippen LogP contribution in [0.1, 0.15) is 36.5 Å². The number of aromatic nitrogens is 8. The van der Waals surface area contributed by atoms with E-state index < -0.39 is 11.5 Å². The number of imidazole rings is 1. The molecule has 4 aromatic rings. The van der Waals surface area contributed by atoms with E-state index in [-0.39, 0.29) is 50.1 Å². The van der Waals surface area contributed by atoms with Gasteiger partial charge in [-0.15, -0.1) is 10.2 Å². The van der Waals surface area contributed by atoms with E-state index in [0.717, 1.165) is 17.7 Å². The second-order valence-corrected chi connectivity index (χ2v) is 9.22. The largest absolute Gasteiger partial charge is 0.332 e. The van der Waals surface area contributed by atoms with Crippen molar-refractivity contribution in [1.82, 2.24) is 39.3 Å². The Hall–Kier alpha value is -4.08. The molecule has 0 spiro atoms. The first-order chi connectivity index (χ1) is 17.8. The Labute approximate surface area is 219 Å². The number of amides is 1. The normalized spacial score (nSPS) is 13.0. The predicted octanol–water partition coefficient (Wildman–Crippen LogP) is 2.50. The molecule has 1 saturated carbocycles. The Morgan fingerprint density at radius 3 is 2.65 bits per heavy atom. The van der Waals surface area contributed by atoms with Crippen molar-refractivity contribution in [2.45, 2.75) is 39.3 Å². The summed E-state index contributed by atoms with van der Waals surface area (Å²) in [5.41, 5.74) is -0.112. The van der Waals surface area contributed by atoms with E-state index in [1.165, 1.54) is 27.6 Å². The van der Waals surface area contributed by atoms with Crippen molar-refractivity contribution in [3.63, 3.8) is 0 Å². The average Bonchev–Trinajstić information content (AvgIpc) is 3.61. The molecule has 0 atom stereocenters. The van der Waals surface area contributed by atoms with Gasteiger partial charge >= 0.3 is 5.69 Å². The number of terminal acetylenes is 1. The monoisotopic (exact) mass is 539 g/mol. The highest BCUT2D eigenvalue weighted by molar-refractivity contribution is 6.34. The van der Waals surface area contributed by atoms with Gasteiger partial charge < -0.3 is 4.98 Å². The molecule has 0 aromatic carbocycles. The van der Waals surface area contributed by atoms with E-state index in [0.29, 0.717) is 25.4 Å². The third kappa shape index (κ3) is 4.59. The Kier molecular flexibility index (Phi) is 6.49. The molecule has 1 aliphatic carbocycles. The van der Waals surface area contributed by atoms with Gasteiger partial charge in [-0.3, -0.25) is 18.7 Å². The van der Waals surface area contributed by atoms with Crippen molar-refractivity contribution in [3.05, 3.63) is 55.2 Å². The maximum absolute atomic E-state index is 13.1. The molecule has 1 amide bonds. The first kappa shape index (κ1) is 24.6. The highest BCUT2D eigenvalue weighted by Crippen LogP contribution is 2.30. The highest BCUT2D eigenvalue weighted by atomic mass is 35.5. The molecule has 14 heteroatoms. The molecule has 4 aromatic heterocycles. The second-order valence-electron chi connectivity index (χ2n) is 8.48. The molecule has 0 aliphatic heterocycles. The first-order valence-electron chi connectivity index (χ1n) is 11.4. The average molecular weight is 540 g/mol. The summed E-state index contributed by atoms with van der Waals surface area (Å²) in [6.45, 7) is 2.73. The predicted molar refractivity (Wildman–Crippen MR) is 136 cm³/mol. The van der Waals surface area contributed by atoms with Gasteiger partial charge in [-0.2, -0.15) is 0 Å². The van der Waals surface area contributed by atoms with Gasteiger partial charge in [0.15, 0.2) is 27.6 Å². The number of halogens is 2.